The number of aliphatic hydroxyl groups is 2. The van der Waals surface area contributed by atoms with Crippen LogP contribution in [0.1, 0.15) is 69.8 Å². The molecule has 2 aromatic rings. The van der Waals surface area contributed by atoms with Gasteiger partial charge in [-0.2, -0.15) is 0 Å². The van der Waals surface area contributed by atoms with E-state index in [-0.39, 0.29) is 44.2 Å². The molecular formula is C37H50O10. The lowest BCUT2D eigenvalue weighted by atomic mass is 9.77. The van der Waals surface area contributed by atoms with Crippen molar-refractivity contribution in [3.8, 4) is 23.0 Å². The van der Waals surface area contributed by atoms with Gasteiger partial charge in [0.05, 0.1) is 24.4 Å². The number of aliphatic hydroxyl groups excluding tert-OH is 2. The molecule has 47 heavy (non-hydrogen) atoms. The minimum atomic E-state index is -0.703. The number of carbonyl (C=O) groups excluding carboxylic acids is 2. The van der Waals surface area contributed by atoms with E-state index in [1.807, 2.05) is 12.1 Å². The number of carbonyl (C=O) groups is 2. The van der Waals surface area contributed by atoms with E-state index >= 15 is 0 Å². The zero-order chi connectivity index (χ0) is 33.9. The predicted molar refractivity (Wildman–Crippen MR) is 178 cm³/mol. The largest absolute Gasteiger partial charge is 0.490 e. The van der Waals surface area contributed by atoms with Gasteiger partial charge in [-0.3, -0.25) is 0 Å². The summed E-state index contributed by atoms with van der Waals surface area (Å²) in [4.78, 5) is 23.4. The lowest BCUT2D eigenvalue weighted by Gasteiger charge is -2.29. The molecule has 0 bridgehead atoms. The van der Waals surface area contributed by atoms with Crippen molar-refractivity contribution in [2.75, 3.05) is 52.9 Å². The molecule has 1 aliphatic carbocycles. The summed E-state index contributed by atoms with van der Waals surface area (Å²) in [6.45, 7) is 8.67. The van der Waals surface area contributed by atoms with E-state index in [0.717, 1.165) is 11.7 Å². The fourth-order valence-electron chi connectivity index (χ4n) is 5.34. The van der Waals surface area contributed by atoms with Gasteiger partial charge in [-0.15, -0.1) is 0 Å². The summed E-state index contributed by atoms with van der Waals surface area (Å²) in [5, 5.41) is 18.0. The SMILES string of the molecule is C=C(CO)C(=O)OCCOc1cc(OCCOC(=O)C(=C)CO)cc(OCCOc2ccc(C3CCC(CCCCC)CC3)cc2)c1. The lowest BCUT2D eigenvalue weighted by Crippen LogP contribution is -2.15. The van der Waals surface area contributed by atoms with Crippen LogP contribution in [-0.2, 0) is 19.1 Å². The number of hydrogen-bond donors (Lipinski definition) is 2. The maximum absolute atomic E-state index is 11.7. The molecule has 2 aromatic carbocycles. The van der Waals surface area contributed by atoms with E-state index in [0.29, 0.717) is 29.8 Å². The fourth-order valence-corrected chi connectivity index (χ4v) is 5.34. The zero-order valence-corrected chi connectivity index (χ0v) is 27.6. The number of rotatable bonds is 22. The van der Waals surface area contributed by atoms with E-state index < -0.39 is 25.2 Å². The van der Waals surface area contributed by atoms with Crippen molar-refractivity contribution in [3.63, 3.8) is 0 Å². The molecule has 0 saturated heterocycles. The Morgan fingerprint density at radius 1 is 0.660 bits per heavy atom. The summed E-state index contributed by atoms with van der Waals surface area (Å²) in [6.07, 6.45) is 10.5. The molecule has 0 aliphatic heterocycles. The molecular weight excluding hydrogens is 604 g/mol. The first kappa shape index (κ1) is 37.4. The van der Waals surface area contributed by atoms with Crippen LogP contribution in [0.5, 0.6) is 23.0 Å². The first-order valence-corrected chi connectivity index (χ1v) is 16.5. The first-order valence-electron chi connectivity index (χ1n) is 16.5. The molecule has 3 rings (SSSR count). The third-order valence-electron chi connectivity index (χ3n) is 8.02. The van der Waals surface area contributed by atoms with Crippen molar-refractivity contribution >= 4 is 11.9 Å². The Balaban J connectivity index is 1.48. The summed E-state index contributed by atoms with van der Waals surface area (Å²) >= 11 is 0. The molecule has 0 heterocycles. The smallest absolute Gasteiger partial charge is 0.335 e. The maximum Gasteiger partial charge on any atom is 0.335 e. The van der Waals surface area contributed by atoms with Crippen LogP contribution in [0.15, 0.2) is 66.8 Å². The molecule has 10 heteroatoms. The molecule has 2 N–H and O–H groups in total. The van der Waals surface area contributed by atoms with Crippen molar-refractivity contribution in [2.24, 2.45) is 5.92 Å². The molecule has 258 valence electrons. The Kier molecular flexibility index (Phi) is 16.7. The summed E-state index contributed by atoms with van der Waals surface area (Å²) in [5.41, 5.74) is 1.28. The van der Waals surface area contributed by atoms with Crippen LogP contribution in [0.3, 0.4) is 0 Å². The first-order chi connectivity index (χ1) is 22.8. The van der Waals surface area contributed by atoms with Crippen molar-refractivity contribution < 1.29 is 48.2 Å². The van der Waals surface area contributed by atoms with Gasteiger partial charge in [-0.1, -0.05) is 57.9 Å². The highest BCUT2D eigenvalue weighted by Gasteiger charge is 2.22. The van der Waals surface area contributed by atoms with Gasteiger partial charge < -0.3 is 38.6 Å². The minimum absolute atomic E-state index is 0.0354. The van der Waals surface area contributed by atoms with Gasteiger partial charge in [0.1, 0.15) is 62.6 Å². The molecule has 1 aliphatic rings. The summed E-state index contributed by atoms with van der Waals surface area (Å²) in [7, 11) is 0. The van der Waals surface area contributed by atoms with Gasteiger partial charge in [-0.05, 0) is 55.2 Å². The van der Waals surface area contributed by atoms with Gasteiger partial charge in [0.2, 0.25) is 0 Å². The van der Waals surface area contributed by atoms with Crippen LogP contribution in [0.4, 0.5) is 0 Å². The highest BCUT2D eigenvalue weighted by atomic mass is 16.6. The van der Waals surface area contributed by atoms with Crippen LogP contribution < -0.4 is 18.9 Å². The van der Waals surface area contributed by atoms with Crippen molar-refractivity contribution in [1.29, 1.82) is 0 Å². The molecule has 1 fully saturated rings. The van der Waals surface area contributed by atoms with Crippen LogP contribution >= 0.6 is 0 Å². The monoisotopic (exact) mass is 654 g/mol. The quantitative estimate of drug-likeness (QED) is 0.0894. The number of unbranched alkanes of at least 4 members (excludes halogenated alkanes) is 2. The predicted octanol–water partition coefficient (Wildman–Crippen LogP) is 5.94. The molecule has 0 spiro atoms. The van der Waals surface area contributed by atoms with Crippen LogP contribution in [-0.4, -0.2) is 75.0 Å². The van der Waals surface area contributed by atoms with Crippen LogP contribution in [0.25, 0.3) is 0 Å². The lowest BCUT2D eigenvalue weighted by molar-refractivity contribution is -0.141. The van der Waals surface area contributed by atoms with E-state index in [2.05, 4.69) is 32.2 Å². The van der Waals surface area contributed by atoms with Crippen molar-refractivity contribution in [2.45, 2.75) is 64.2 Å². The van der Waals surface area contributed by atoms with E-state index in [4.69, 9.17) is 38.6 Å². The Hall–Kier alpha value is -4.02. The van der Waals surface area contributed by atoms with E-state index in [1.54, 1.807) is 18.2 Å². The zero-order valence-electron chi connectivity index (χ0n) is 27.6. The second-order valence-corrected chi connectivity index (χ2v) is 11.6. The molecule has 0 aromatic heterocycles. The van der Waals surface area contributed by atoms with Gasteiger partial charge >= 0.3 is 11.9 Å². The van der Waals surface area contributed by atoms with Gasteiger partial charge in [-0.25, -0.2) is 9.59 Å². The average Bonchev–Trinajstić information content (AvgIpc) is 3.10. The van der Waals surface area contributed by atoms with E-state index in [9.17, 15) is 9.59 Å². The van der Waals surface area contributed by atoms with Gasteiger partial charge in [0, 0.05) is 18.2 Å². The molecule has 0 radical (unpaired) electrons. The van der Waals surface area contributed by atoms with Crippen LogP contribution in [0, 0.1) is 5.92 Å². The number of ether oxygens (including phenoxy) is 6. The van der Waals surface area contributed by atoms with E-state index in [1.165, 1.54) is 56.9 Å². The fraction of sp³-hybridized carbons (Fsp3) is 0.514. The van der Waals surface area contributed by atoms with Crippen molar-refractivity contribution in [3.05, 3.63) is 72.3 Å². The Labute approximate surface area is 278 Å². The molecule has 1 saturated carbocycles. The van der Waals surface area contributed by atoms with Gasteiger partial charge in [0.25, 0.3) is 0 Å². The highest BCUT2D eigenvalue weighted by molar-refractivity contribution is 5.88. The molecule has 0 atom stereocenters. The summed E-state index contributed by atoms with van der Waals surface area (Å²) in [5.74, 6) is 2.14. The second kappa shape index (κ2) is 21.0. The normalized spacial score (nSPS) is 15.7. The Morgan fingerprint density at radius 2 is 1.11 bits per heavy atom. The number of benzene rings is 2. The third kappa shape index (κ3) is 13.7. The number of hydrogen-bond acceptors (Lipinski definition) is 10. The Morgan fingerprint density at radius 3 is 1.55 bits per heavy atom. The van der Waals surface area contributed by atoms with Crippen LogP contribution in [0.2, 0.25) is 0 Å². The van der Waals surface area contributed by atoms with Crippen molar-refractivity contribution in [1.82, 2.24) is 0 Å². The highest BCUT2D eigenvalue weighted by Crippen LogP contribution is 2.38. The third-order valence-corrected chi connectivity index (χ3v) is 8.02. The summed E-state index contributed by atoms with van der Waals surface area (Å²) < 4.78 is 33.3. The molecule has 0 unspecified atom stereocenters. The maximum atomic E-state index is 11.7. The second-order valence-electron chi connectivity index (χ2n) is 11.6. The van der Waals surface area contributed by atoms with Gasteiger partial charge in [0.15, 0.2) is 0 Å². The number of esters is 2. The molecule has 10 nitrogen and oxygen atoms in total. The Bertz CT molecular complexity index is 1210. The standard InChI is InChI=1S/C37H50O10/c1-4-5-6-7-29-8-10-30(11-9-29)31-12-14-32(15-13-31)42-16-17-43-33-22-34(44-18-20-46-36(40)27(2)25-38)24-35(23-33)45-19-21-47-37(41)28(3)26-39/h12-15,22-24,29-30,38-39H,2-11,16-21,25-26H2,1H3. The molecule has 0 amide bonds. The minimum Gasteiger partial charge on any atom is -0.490 e. The topological polar surface area (TPSA) is 130 Å². The average molecular weight is 655 g/mol. The summed E-state index contributed by atoms with van der Waals surface area (Å²) in [6, 6.07) is 13.3.